The van der Waals surface area contributed by atoms with Gasteiger partial charge in [-0.05, 0) is 18.8 Å². The highest BCUT2D eigenvalue weighted by atomic mass is 32.2. The van der Waals surface area contributed by atoms with E-state index in [9.17, 15) is 8.42 Å². The fourth-order valence-corrected chi connectivity index (χ4v) is 3.16. The summed E-state index contributed by atoms with van der Waals surface area (Å²) in [7, 11) is -2.87. The van der Waals surface area contributed by atoms with E-state index in [1.807, 2.05) is 6.07 Å². The van der Waals surface area contributed by atoms with Crippen molar-refractivity contribution in [1.29, 1.82) is 0 Å². The Hall–Kier alpha value is -1.21. The number of hydrogen-bond acceptors (Lipinski definition) is 6. The Bertz CT molecular complexity index is 581. The van der Waals surface area contributed by atoms with Crippen LogP contribution in [0.25, 0.3) is 0 Å². The molecule has 0 aliphatic carbocycles. The molecule has 0 radical (unpaired) electrons. The molecular weight excluding hydrogens is 300 g/mol. The van der Waals surface area contributed by atoms with Crippen LogP contribution in [0.2, 0.25) is 0 Å². The smallest absolute Gasteiger partial charge is 0.148 e. The van der Waals surface area contributed by atoms with Crippen LogP contribution < -0.4 is 5.32 Å². The third-order valence-electron chi connectivity index (χ3n) is 4.00. The molecule has 0 amide bonds. The zero-order valence-electron chi connectivity index (χ0n) is 13.6. The fourth-order valence-electron chi connectivity index (χ4n) is 2.57. The molecule has 1 aromatic rings. The number of sulfone groups is 1. The Kier molecular flexibility index (Phi) is 5.74. The van der Waals surface area contributed by atoms with Gasteiger partial charge in [0.25, 0.3) is 0 Å². The van der Waals surface area contributed by atoms with Crippen LogP contribution in [0.4, 0.5) is 5.82 Å². The SMILES string of the molecule is CC(C)c1cc(NC2CCN(CCS(C)(=O)=O)CC2)ncn1. The molecule has 22 heavy (non-hydrogen) atoms. The Morgan fingerprint density at radius 2 is 2.00 bits per heavy atom. The lowest BCUT2D eigenvalue weighted by Gasteiger charge is -2.32. The molecule has 0 bridgehead atoms. The van der Waals surface area contributed by atoms with Gasteiger partial charge in [-0.2, -0.15) is 0 Å². The number of nitrogens with zero attached hydrogens (tertiary/aromatic N) is 3. The third-order valence-corrected chi connectivity index (χ3v) is 4.92. The van der Waals surface area contributed by atoms with Crippen molar-refractivity contribution in [2.75, 3.05) is 37.0 Å². The molecule has 124 valence electrons. The van der Waals surface area contributed by atoms with Gasteiger partial charge in [0.05, 0.1) is 5.75 Å². The van der Waals surface area contributed by atoms with Gasteiger partial charge in [-0.1, -0.05) is 13.8 Å². The molecule has 7 heteroatoms. The first-order valence-corrected chi connectivity index (χ1v) is 9.88. The molecule has 0 aromatic carbocycles. The second kappa shape index (κ2) is 7.37. The van der Waals surface area contributed by atoms with Gasteiger partial charge < -0.3 is 10.2 Å². The average Bonchev–Trinajstić information content (AvgIpc) is 2.46. The van der Waals surface area contributed by atoms with Crippen LogP contribution in [0.15, 0.2) is 12.4 Å². The predicted octanol–water partition coefficient (Wildman–Crippen LogP) is 1.52. The number of piperidine rings is 1. The minimum absolute atomic E-state index is 0.245. The van der Waals surface area contributed by atoms with Crippen LogP contribution in [0, 0.1) is 0 Å². The molecule has 1 aliphatic heterocycles. The largest absolute Gasteiger partial charge is 0.367 e. The van der Waals surface area contributed by atoms with Gasteiger partial charge >= 0.3 is 0 Å². The van der Waals surface area contributed by atoms with E-state index >= 15 is 0 Å². The Morgan fingerprint density at radius 1 is 1.32 bits per heavy atom. The van der Waals surface area contributed by atoms with E-state index in [0.717, 1.165) is 37.4 Å². The molecule has 1 aliphatic rings. The van der Waals surface area contributed by atoms with Crippen LogP contribution in [-0.4, -0.2) is 61.0 Å². The normalized spacial score (nSPS) is 17.8. The monoisotopic (exact) mass is 326 g/mol. The molecular formula is C15H26N4O2S. The van der Waals surface area contributed by atoms with E-state index in [2.05, 4.69) is 34.0 Å². The first-order chi connectivity index (χ1) is 10.3. The second-order valence-electron chi connectivity index (χ2n) is 6.37. The van der Waals surface area contributed by atoms with Crippen molar-refractivity contribution in [1.82, 2.24) is 14.9 Å². The summed E-state index contributed by atoms with van der Waals surface area (Å²) in [6, 6.07) is 2.41. The summed E-state index contributed by atoms with van der Waals surface area (Å²) < 4.78 is 22.4. The van der Waals surface area contributed by atoms with E-state index in [4.69, 9.17) is 0 Å². The zero-order chi connectivity index (χ0) is 16.2. The van der Waals surface area contributed by atoms with Crippen molar-refractivity contribution >= 4 is 15.7 Å². The molecule has 0 saturated carbocycles. The van der Waals surface area contributed by atoms with E-state index < -0.39 is 9.84 Å². The van der Waals surface area contributed by atoms with Gasteiger partial charge in [0, 0.05) is 43.7 Å². The molecule has 2 rings (SSSR count). The van der Waals surface area contributed by atoms with Crippen molar-refractivity contribution in [3.63, 3.8) is 0 Å². The average molecular weight is 326 g/mol. The third kappa shape index (κ3) is 5.53. The van der Waals surface area contributed by atoms with Gasteiger partial charge in [-0.3, -0.25) is 0 Å². The van der Waals surface area contributed by atoms with Crippen molar-refractivity contribution in [2.45, 2.75) is 38.6 Å². The van der Waals surface area contributed by atoms with Gasteiger partial charge in [0.2, 0.25) is 0 Å². The zero-order valence-corrected chi connectivity index (χ0v) is 14.4. The van der Waals surface area contributed by atoms with Crippen LogP contribution in [0.5, 0.6) is 0 Å². The lowest BCUT2D eigenvalue weighted by Crippen LogP contribution is -2.41. The molecule has 2 heterocycles. The molecule has 6 nitrogen and oxygen atoms in total. The highest BCUT2D eigenvalue weighted by molar-refractivity contribution is 7.90. The second-order valence-corrected chi connectivity index (χ2v) is 8.63. The van der Waals surface area contributed by atoms with Crippen molar-refractivity contribution in [3.8, 4) is 0 Å². The lowest BCUT2D eigenvalue weighted by atomic mass is 10.0. The number of aromatic nitrogens is 2. The van der Waals surface area contributed by atoms with Crippen molar-refractivity contribution in [3.05, 3.63) is 18.1 Å². The number of nitrogens with one attached hydrogen (secondary N) is 1. The minimum Gasteiger partial charge on any atom is -0.367 e. The maximum atomic E-state index is 11.2. The highest BCUT2D eigenvalue weighted by Gasteiger charge is 2.20. The molecule has 1 N–H and O–H groups in total. The maximum absolute atomic E-state index is 11.2. The Morgan fingerprint density at radius 3 is 2.59 bits per heavy atom. The number of anilines is 1. The topological polar surface area (TPSA) is 75.2 Å². The van der Waals surface area contributed by atoms with Crippen molar-refractivity contribution < 1.29 is 8.42 Å². The van der Waals surface area contributed by atoms with Gasteiger partial charge in [0.1, 0.15) is 22.0 Å². The van der Waals surface area contributed by atoms with E-state index in [-0.39, 0.29) is 5.75 Å². The Labute approximate surface area is 133 Å². The quantitative estimate of drug-likeness (QED) is 0.854. The van der Waals surface area contributed by atoms with Gasteiger partial charge in [-0.15, -0.1) is 0 Å². The number of hydrogen-bond donors (Lipinski definition) is 1. The summed E-state index contributed by atoms with van der Waals surface area (Å²) in [5.74, 6) is 1.52. The molecule has 0 atom stereocenters. The minimum atomic E-state index is -2.87. The summed E-state index contributed by atoms with van der Waals surface area (Å²) >= 11 is 0. The van der Waals surface area contributed by atoms with Gasteiger partial charge in [-0.25, -0.2) is 18.4 Å². The summed E-state index contributed by atoms with van der Waals surface area (Å²) in [6.07, 6.45) is 4.91. The molecule has 0 unspecified atom stereocenters. The summed E-state index contributed by atoms with van der Waals surface area (Å²) in [4.78, 5) is 10.8. The fraction of sp³-hybridized carbons (Fsp3) is 0.733. The van der Waals surface area contributed by atoms with E-state index in [1.54, 1.807) is 6.33 Å². The van der Waals surface area contributed by atoms with Crippen LogP contribution in [0.1, 0.15) is 38.3 Å². The van der Waals surface area contributed by atoms with E-state index in [1.165, 1.54) is 6.26 Å². The van der Waals surface area contributed by atoms with Crippen molar-refractivity contribution in [2.24, 2.45) is 0 Å². The molecule has 1 fully saturated rings. The standard InChI is InChI=1S/C15H26N4O2S/c1-12(2)14-10-15(17-11-16-14)18-13-4-6-19(7-5-13)8-9-22(3,20)21/h10-13H,4-9H2,1-3H3,(H,16,17,18). The Balaban J connectivity index is 1.81. The summed E-state index contributed by atoms with van der Waals surface area (Å²) in [6.45, 7) is 6.72. The maximum Gasteiger partial charge on any atom is 0.148 e. The molecule has 0 spiro atoms. The number of rotatable bonds is 6. The first kappa shape index (κ1) is 17.1. The van der Waals surface area contributed by atoms with Gasteiger partial charge in [0.15, 0.2) is 0 Å². The van der Waals surface area contributed by atoms with Crippen LogP contribution in [-0.2, 0) is 9.84 Å². The highest BCUT2D eigenvalue weighted by Crippen LogP contribution is 2.18. The first-order valence-electron chi connectivity index (χ1n) is 7.82. The molecule has 1 saturated heterocycles. The molecule has 1 aromatic heterocycles. The predicted molar refractivity (Wildman–Crippen MR) is 88.9 cm³/mol. The lowest BCUT2D eigenvalue weighted by molar-refractivity contribution is 0.230. The van der Waals surface area contributed by atoms with Crippen LogP contribution >= 0.6 is 0 Å². The number of likely N-dealkylation sites (tertiary alicyclic amines) is 1. The van der Waals surface area contributed by atoms with Crippen LogP contribution in [0.3, 0.4) is 0 Å². The van der Waals surface area contributed by atoms with E-state index in [0.29, 0.717) is 18.5 Å². The summed E-state index contributed by atoms with van der Waals surface area (Å²) in [5.41, 5.74) is 1.04. The summed E-state index contributed by atoms with van der Waals surface area (Å²) in [5, 5.41) is 3.47.